The molecular weight excluding hydrogens is 278 g/mol. The summed E-state index contributed by atoms with van der Waals surface area (Å²) >= 11 is 2.66. The van der Waals surface area contributed by atoms with Crippen molar-refractivity contribution in [2.75, 3.05) is 0 Å². The molecular formula is C7H3BrF2N2O3. The van der Waals surface area contributed by atoms with Crippen LogP contribution in [0.3, 0.4) is 0 Å². The molecule has 1 aromatic heterocycles. The van der Waals surface area contributed by atoms with Gasteiger partial charge in [0.25, 0.3) is 6.43 Å². The Bertz CT molecular complexity index is 425. The summed E-state index contributed by atoms with van der Waals surface area (Å²) < 4.78 is 24.4. The Morgan fingerprint density at radius 3 is 2.60 bits per heavy atom. The molecule has 80 valence electrons. The molecule has 0 saturated carbocycles. The molecule has 15 heavy (non-hydrogen) atoms. The molecule has 1 heterocycles. The quantitative estimate of drug-likeness (QED) is 0.369. The van der Waals surface area contributed by atoms with Crippen LogP contribution in [0.5, 0.6) is 0 Å². The van der Waals surface area contributed by atoms with Crippen LogP contribution in [0.2, 0.25) is 0 Å². The van der Waals surface area contributed by atoms with Crippen molar-refractivity contribution in [1.82, 2.24) is 4.98 Å². The topological polar surface area (TPSA) is 73.1 Å². The first-order valence-corrected chi connectivity index (χ1v) is 4.34. The fourth-order valence-corrected chi connectivity index (χ4v) is 1.53. The first kappa shape index (κ1) is 11.6. The van der Waals surface area contributed by atoms with Gasteiger partial charge in [0.05, 0.1) is 4.92 Å². The van der Waals surface area contributed by atoms with E-state index in [0.29, 0.717) is 6.07 Å². The van der Waals surface area contributed by atoms with Crippen molar-refractivity contribution in [3.8, 4) is 0 Å². The molecule has 0 aromatic carbocycles. The van der Waals surface area contributed by atoms with Crippen LogP contribution in [0, 0.1) is 10.1 Å². The van der Waals surface area contributed by atoms with Gasteiger partial charge in [0.2, 0.25) is 0 Å². The summed E-state index contributed by atoms with van der Waals surface area (Å²) in [6, 6.07) is 0.695. The van der Waals surface area contributed by atoms with E-state index in [-0.39, 0.29) is 16.6 Å². The van der Waals surface area contributed by atoms with Gasteiger partial charge in [-0.1, -0.05) is 0 Å². The number of nitrogens with zero attached hydrogens (tertiary/aromatic N) is 2. The molecule has 0 amide bonds. The van der Waals surface area contributed by atoms with Crippen LogP contribution in [0.25, 0.3) is 0 Å². The first-order chi connectivity index (χ1) is 6.97. The zero-order chi connectivity index (χ0) is 11.6. The lowest BCUT2D eigenvalue weighted by molar-refractivity contribution is -0.387. The third kappa shape index (κ3) is 2.32. The number of alkyl halides is 2. The lowest BCUT2D eigenvalue weighted by atomic mass is 10.2. The van der Waals surface area contributed by atoms with Gasteiger partial charge in [0.1, 0.15) is 11.3 Å². The van der Waals surface area contributed by atoms with Crippen LogP contribution >= 0.6 is 15.9 Å². The van der Waals surface area contributed by atoms with E-state index in [1.165, 1.54) is 0 Å². The number of nitro groups is 1. The second-order valence-corrected chi connectivity index (χ2v) is 3.20. The van der Waals surface area contributed by atoms with Gasteiger partial charge in [0.15, 0.2) is 10.9 Å². The molecule has 0 aliphatic carbocycles. The molecule has 0 aliphatic heterocycles. The fraction of sp³-hybridized carbons (Fsp3) is 0.143. The number of carbonyl (C=O) groups excluding carboxylic acids is 1. The van der Waals surface area contributed by atoms with E-state index in [2.05, 4.69) is 20.9 Å². The summed E-state index contributed by atoms with van der Waals surface area (Å²) in [5.41, 5.74) is -1.94. The van der Waals surface area contributed by atoms with Crippen LogP contribution in [0.4, 0.5) is 14.5 Å². The van der Waals surface area contributed by atoms with Gasteiger partial charge in [-0.3, -0.25) is 14.9 Å². The SMILES string of the molecule is O=Cc1cc(C(F)F)c([N+](=O)[O-])c(Br)n1. The van der Waals surface area contributed by atoms with Crippen molar-refractivity contribution in [2.24, 2.45) is 0 Å². The number of aldehydes is 1. The van der Waals surface area contributed by atoms with E-state index in [4.69, 9.17) is 0 Å². The second-order valence-electron chi connectivity index (χ2n) is 2.45. The summed E-state index contributed by atoms with van der Waals surface area (Å²) in [6.45, 7) is 0. The Hall–Kier alpha value is -1.44. The highest BCUT2D eigenvalue weighted by Crippen LogP contribution is 2.34. The highest BCUT2D eigenvalue weighted by atomic mass is 79.9. The molecule has 0 fully saturated rings. The minimum Gasteiger partial charge on any atom is -0.296 e. The van der Waals surface area contributed by atoms with E-state index in [1.807, 2.05) is 0 Å². The van der Waals surface area contributed by atoms with E-state index in [0.717, 1.165) is 0 Å². The summed E-state index contributed by atoms with van der Waals surface area (Å²) in [5.74, 6) is 0. The van der Waals surface area contributed by atoms with Crippen LogP contribution in [-0.4, -0.2) is 16.2 Å². The molecule has 0 saturated heterocycles. The minimum absolute atomic E-state index is 0.236. The predicted octanol–water partition coefficient (Wildman–Crippen LogP) is 2.50. The maximum Gasteiger partial charge on any atom is 0.310 e. The number of aromatic nitrogens is 1. The Balaban J connectivity index is 3.49. The molecule has 8 heteroatoms. The number of rotatable bonds is 3. The van der Waals surface area contributed by atoms with Crippen molar-refractivity contribution >= 4 is 27.9 Å². The van der Waals surface area contributed by atoms with Crippen LogP contribution in [0.15, 0.2) is 10.7 Å². The number of hydrogen-bond donors (Lipinski definition) is 0. The average molecular weight is 281 g/mol. The minimum atomic E-state index is -3.04. The molecule has 1 rings (SSSR count). The number of carbonyl (C=O) groups is 1. The lowest BCUT2D eigenvalue weighted by Crippen LogP contribution is -2.01. The van der Waals surface area contributed by atoms with E-state index < -0.39 is 22.6 Å². The Morgan fingerprint density at radius 2 is 2.20 bits per heavy atom. The van der Waals surface area contributed by atoms with Gasteiger partial charge in [-0.2, -0.15) is 0 Å². The molecule has 0 atom stereocenters. The third-order valence-electron chi connectivity index (χ3n) is 1.54. The van der Waals surface area contributed by atoms with Gasteiger partial charge in [0, 0.05) is 0 Å². The molecule has 0 aliphatic rings. The summed E-state index contributed by atoms with van der Waals surface area (Å²) in [6.07, 6.45) is -2.80. The van der Waals surface area contributed by atoms with E-state index >= 15 is 0 Å². The molecule has 0 radical (unpaired) electrons. The highest BCUT2D eigenvalue weighted by Gasteiger charge is 2.26. The highest BCUT2D eigenvalue weighted by molar-refractivity contribution is 9.10. The van der Waals surface area contributed by atoms with Crippen molar-refractivity contribution in [3.05, 3.63) is 32.0 Å². The Morgan fingerprint density at radius 1 is 1.60 bits per heavy atom. The molecule has 0 bridgehead atoms. The third-order valence-corrected chi connectivity index (χ3v) is 2.09. The lowest BCUT2D eigenvalue weighted by Gasteiger charge is -2.03. The maximum absolute atomic E-state index is 12.4. The molecule has 0 unspecified atom stereocenters. The monoisotopic (exact) mass is 280 g/mol. The van der Waals surface area contributed by atoms with Crippen molar-refractivity contribution in [3.63, 3.8) is 0 Å². The van der Waals surface area contributed by atoms with Crippen molar-refractivity contribution in [2.45, 2.75) is 6.43 Å². The van der Waals surface area contributed by atoms with Gasteiger partial charge in [-0.05, 0) is 22.0 Å². The van der Waals surface area contributed by atoms with E-state index in [9.17, 15) is 23.7 Å². The summed E-state index contributed by atoms with van der Waals surface area (Å²) in [4.78, 5) is 23.2. The normalized spacial score (nSPS) is 10.4. The van der Waals surface area contributed by atoms with Crippen LogP contribution in [-0.2, 0) is 0 Å². The summed E-state index contributed by atoms with van der Waals surface area (Å²) in [7, 11) is 0. The molecule has 0 N–H and O–H groups in total. The zero-order valence-corrected chi connectivity index (χ0v) is 8.57. The molecule has 5 nitrogen and oxygen atoms in total. The molecule has 1 aromatic rings. The standard InChI is InChI=1S/C7H3BrF2N2O3/c8-6-5(12(14)15)4(7(9)10)1-3(2-13)11-6/h1-2,7H. The predicted molar refractivity (Wildman–Crippen MR) is 48.9 cm³/mol. The molecule has 0 spiro atoms. The number of halogens is 3. The van der Waals surface area contributed by atoms with Gasteiger partial charge in [-0.15, -0.1) is 0 Å². The second kappa shape index (κ2) is 4.39. The average Bonchev–Trinajstić information content (AvgIpc) is 2.15. The number of pyridine rings is 1. The maximum atomic E-state index is 12.4. The van der Waals surface area contributed by atoms with Gasteiger partial charge < -0.3 is 0 Å². The van der Waals surface area contributed by atoms with Crippen molar-refractivity contribution in [1.29, 1.82) is 0 Å². The summed E-state index contributed by atoms with van der Waals surface area (Å²) in [5, 5.41) is 10.5. The Kier molecular flexibility index (Phi) is 3.40. The van der Waals surface area contributed by atoms with Crippen LogP contribution in [0.1, 0.15) is 22.5 Å². The van der Waals surface area contributed by atoms with Gasteiger partial charge in [-0.25, -0.2) is 13.8 Å². The van der Waals surface area contributed by atoms with Gasteiger partial charge >= 0.3 is 5.69 Å². The van der Waals surface area contributed by atoms with Crippen molar-refractivity contribution < 1.29 is 18.5 Å². The Labute approximate surface area is 90.4 Å². The first-order valence-electron chi connectivity index (χ1n) is 3.55. The fourth-order valence-electron chi connectivity index (χ4n) is 0.953. The van der Waals surface area contributed by atoms with Crippen LogP contribution < -0.4 is 0 Å². The largest absolute Gasteiger partial charge is 0.310 e. The number of hydrogen-bond acceptors (Lipinski definition) is 4. The smallest absolute Gasteiger partial charge is 0.296 e. The zero-order valence-electron chi connectivity index (χ0n) is 6.99. The van der Waals surface area contributed by atoms with E-state index in [1.54, 1.807) is 0 Å².